The van der Waals surface area contributed by atoms with Crippen LogP contribution in [0.15, 0.2) is 97.1 Å². The van der Waals surface area contributed by atoms with E-state index in [0.717, 1.165) is 17.1 Å². The van der Waals surface area contributed by atoms with Gasteiger partial charge in [0.25, 0.3) is 0 Å². The first-order valence-corrected chi connectivity index (χ1v) is 10.6. The number of aromatic carboxylic acids is 1. The largest absolute Gasteiger partial charge is 0.478 e. The Kier molecular flexibility index (Phi) is 6.43. The molecule has 4 rings (SSSR count). The third-order valence-corrected chi connectivity index (χ3v) is 5.49. The van der Waals surface area contributed by atoms with Gasteiger partial charge < -0.3 is 15.3 Å². The minimum absolute atomic E-state index is 0.0402. The van der Waals surface area contributed by atoms with E-state index in [9.17, 15) is 14.7 Å². The Morgan fingerprint density at radius 2 is 1.30 bits per heavy atom. The third-order valence-electron chi connectivity index (χ3n) is 5.24. The fraction of sp³-hybridized carbons (Fsp3) is 0.0370. The molecule has 0 spiro atoms. The lowest BCUT2D eigenvalue weighted by Gasteiger charge is -2.19. The van der Waals surface area contributed by atoms with Gasteiger partial charge in [0.15, 0.2) is 5.78 Å². The fourth-order valence-electron chi connectivity index (χ4n) is 3.46. The molecule has 2 N–H and O–H groups in total. The molecule has 0 unspecified atom stereocenters. The summed E-state index contributed by atoms with van der Waals surface area (Å²) < 4.78 is 0. The molecule has 0 fully saturated rings. The maximum Gasteiger partial charge on any atom is 0.335 e. The summed E-state index contributed by atoms with van der Waals surface area (Å²) in [4.78, 5) is 26.8. The van der Waals surface area contributed by atoms with E-state index < -0.39 is 5.97 Å². The van der Waals surface area contributed by atoms with Crippen molar-refractivity contribution >= 4 is 46.1 Å². The molecule has 4 aromatic rings. The number of carbonyl (C=O) groups excluding carboxylic acids is 1. The van der Waals surface area contributed by atoms with Gasteiger partial charge in [-0.05, 0) is 78.9 Å². The standard InChI is InChI=1S/C27H21ClN2O3/c1-30(25-13-9-21(28)10-14-25)24-11-7-18(8-12-24)26(31)19-15-20(27(32)33)17-23(16-19)29-22-5-3-2-4-6-22/h2-17,29H,1H3,(H,32,33). The Balaban J connectivity index is 1.60. The van der Waals surface area contributed by atoms with E-state index in [2.05, 4.69) is 5.32 Å². The molecule has 0 atom stereocenters. The number of nitrogens with zero attached hydrogens (tertiary/aromatic N) is 1. The van der Waals surface area contributed by atoms with E-state index >= 15 is 0 Å². The van der Waals surface area contributed by atoms with Crippen molar-refractivity contribution in [2.75, 3.05) is 17.3 Å². The number of carboxylic acid groups (broad SMARTS) is 1. The van der Waals surface area contributed by atoms with E-state index in [0.29, 0.717) is 21.8 Å². The van der Waals surface area contributed by atoms with E-state index in [1.807, 2.05) is 78.7 Å². The quantitative estimate of drug-likeness (QED) is 0.300. The molecule has 0 aliphatic rings. The highest BCUT2D eigenvalue weighted by atomic mass is 35.5. The number of para-hydroxylation sites is 1. The van der Waals surface area contributed by atoms with E-state index in [1.54, 1.807) is 18.2 Å². The van der Waals surface area contributed by atoms with Gasteiger partial charge in [-0.1, -0.05) is 29.8 Å². The van der Waals surface area contributed by atoms with Gasteiger partial charge in [0.2, 0.25) is 0 Å². The molecule has 0 saturated carbocycles. The van der Waals surface area contributed by atoms with Crippen LogP contribution in [0, 0.1) is 0 Å². The first kappa shape index (κ1) is 22.1. The molecular formula is C27H21ClN2O3. The number of carboxylic acids is 1. The van der Waals surface area contributed by atoms with Gasteiger partial charge in [-0.25, -0.2) is 4.79 Å². The van der Waals surface area contributed by atoms with Crippen LogP contribution in [0.4, 0.5) is 22.7 Å². The molecule has 0 heterocycles. The topological polar surface area (TPSA) is 69.6 Å². The lowest BCUT2D eigenvalue weighted by atomic mass is 10.00. The van der Waals surface area contributed by atoms with Crippen molar-refractivity contribution in [1.82, 2.24) is 0 Å². The number of benzene rings is 4. The van der Waals surface area contributed by atoms with Crippen LogP contribution in [0.5, 0.6) is 0 Å². The van der Waals surface area contributed by atoms with Crippen molar-refractivity contribution in [3.8, 4) is 0 Å². The number of anilines is 4. The molecule has 0 aromatic heterocycles. The van der Waals surface area contributed by atoms with Gasteiger partial charge in [-0.3, -0.25) is 4.79 Å². The fourth-order valence-corrected chi connectivity index (χ4v) is 3.59. The molecular weight excluding hydrogens is 436 g/mol. The Labute approximate surface area is 196 Å². The maximum absolute atomic E-state index is 13.2. The highest BCUT2D eigenvalue weighted by Gasteiger charge is 2.15. The summed E-state index contributed by atoms with van der Waals surface area (Å²) >= 11 is 5.97. The number of nitrogens with one attached hydrogen (secondary N) is 1. The van der Waals surface area contributed by atoms with Crippen molar-refractivity contribution < 1.29 is 14.7 Å². The van der Waals surface area contributed by atoms with Crippen LogP contribution >= 0.6 is 11.6 Å². The van der Waals surface area contributed by atoms with Crippen LogP contribution in [0.1, 0.15) is 26.3 Å². The highest BCUT2D eigenvalue weighted by molar-refractivity contribution is 6.30. The minimum Gasteiger partial charge on any atom is -0.478 e. The summed E-state index contributed by atoms with van der Waals surface area (Å²) in [5, 5.41) is 13.3. The normalized spacial score (nSPS) is 10.5. The van der Waals surface area contributed by atoms with Crippen LogP contribution in [-0.2, 0) is 0 Å². The molecule has 6 heteroatoms. The second kappa shape index (κ2) is 9.59. The molecule has 5 nitrogen and oxygen atoms in total. The molecule has 0 bridgehead atoms. The second-order valence-corrected chi connectivity index (χ2v) is 7.94. The van der Waals surface area contributed by atoms with Crippen LogP contribution in [0.25, 0.3) is 0 Å². The van der Waals surface area contributed by atoms with Crippen molar-refractivity contribution in [1.29, 1.82) is 0 Å². The summed E-state index contributed by atoms with van der Waals surface area (Å²) in [6.07, 6.45) is 0. The van der Waals surface area contributed by atoms with Gasteiger partial charge >= 0.3 is 5.97 Å². The Hall–Kier alpha value is -4.09. The molecule has 0 aliphatic heterocycles. The van der Waals surface area contributed by atoms with Crippen LogP contribution in [0.2, 0.25) is 5.02 Å². The van der Waals surface area contributed by atoms with Gasteiger partial charge in [-0.2, -0.15) is 0 Å². The SMILES string of the molecule is CN(c1ccc(Cl)cc1)c1ccc(C(=O)c2cc(Nc3ccccc3)cc(C(=O)O)c2)cc1. The lowest BCUT2D eigenvalue weighted by Crippen LogP contribution is -2.10. The first-order valence-electron chi connectivity index (χ1n) is 10.3. The number of carbonyl (C=O) groups is 2. The van der Waals surface area contributed by atoms with Gasteiger partial charge in [0.1, 0.15) is 0 Å². The zero-order valence-corrected chi connectivity index (χ0v) is 18.6. The van der Waals surface area contributed by atoms with Crippen molar-refractivity contribution in [3.63, 3.8) is 0 Å². The molecule has 0 aliphatic carbocycles. The van der Waals surface area contributed by atoms with E-state index in [4.69, 9.17) is 11.6 Å². The molecule has 0 saturated heterocycles. The maximum atomic E-state index is 13.2. The van der Waals surface area contributed by atoms with Crippen LogP contribution < -0.4 is 10.2 Å². The van der Waals surface area contributed by atoms with E-state index in [-0.39, 0.29) is 11.3 Å². The van der Waals surface area contributed by atoms with Crippen LogP contribution in [0.3, 0.4) is 0 Å². The molecule has 4 aromatic carbocycles. The average molecular weight is 457 g/mol. The highest BCUT2D eigenvalue weighted by Crippen LogP contribution is 2.27. The predicted octanol–water partition coefficient (Wildman–Crippen LogP) is 6.78. The minimum atomic E-state index is -1.10. The Morgan fingerprint density at radius 3 is 1.91 bits per heavy atom. The van der Waals surface area contributed by atoms with Gasteiger partial charge in [0, 0.05) is 45.9 Å². The predicted molar refractivity (Wildman–Crippen MR) is 133 cm³/mol. The van der Waals surface area contributed by atoms with E-state index in [1.165, 1.54) is 12.1 Å². The second-order valence-electron chi connectivity index (χ2n) is 7.51. The van der Waals surface area contributed by atoms with Gasteiger partial charge in [-0.15, -0.1) is 0 Å². The number of ketones is 1. The third kappa shape index (κ3) is 5.22. The smallest absolute Gasteiger partial charge is 0.335 e. The monoisotopic (exact) mass is 456 g/mol. The molecule has 33 heavy (non-hydrogen) atoms. The average Bonchev–Trinajstić information content (AvgIpc) is 2.84. The Morgan fingerprint density at radius 1 is 0.727 bits per heavy atom. The molecule has 0 amide bonds. The van der Waals surface area contributed by atoms with Crippen LogP contribution in [-0.4, -0.2) is 23.9 Å². The Bertz CT molecular complexity index is 1290. The summed E-state index contributed by atoms with van der Waals surface area (Å²) in [5.74, 6) is -1.35. The zero-order chi connectivity index (χ0) is 23.4. The molecule has 0 radical (unpaired) electrons. The first-order chi connectivity index (χ1) is 15.9. The lowest BCUT2D eigenvalue weighted by molar-refractivity contribution is 0.0697. The van der Waals surface area contributed by atoms with Gasteiger partial charge in [0.05, 0.1) is 5.56 Å². The zero-order valence-electron chi connectivity index (χ0n) is 17.8. The summed E-state index contributed by atoms with van der Waals surface area (Å²) in [7, 11) is 1.93. The number of halogens is 1. The summed E-state index contributed by atoms with van der Waals surface area (Å²) in [5.41, 5.74) is 4.00. The van der Waals surface area contributed by atoms with Crippen molar-refractivity contribution in [3.05, 3.63) is 119 Å². The number of hydrogen-bond donors (Lipinski definition) is 2. The number of hydrogen-bond acceptors (Lipinski definition) is 4. The summed E-state index contributed by atoms with van der Waals surface area (Å²) in [6, 6.07) is 28.6. The summed E-state index contributed by atoms with van der Waals surface area (Å²) in [6.45, 7) is 0. The molecule has 164 valence electrons. The van der Waals surface area contributed by atoms with Crippen molar-refractivity contribution in [2.45, 2.75) is 0 Å². The van der Waals surface area contributed by atoms with Crippen molar-refractivity contribution in [2.24, 2.45) is 0 Å². The number of rotatable bonds is 7.